The largest absolute Gasteiger partial charge is 0.384 e. The zero-order valence-electron chi connectivity index (χ0n) is 10.1. The van der Waals surface area contributed by atoms with Gasteiger partial charge in [0, 0.05) is 11.5 Å². The number of anilines is 1. The minimum Gasteiger partial charge on any atom is -0.384 e. The van der Waals surface area contributed by atoms with Gasteiger partial charge in [-0.15, -0.1) is 11.3 Å². The summed E-state index contributed by atoms with van der Waals surface area (Å²) in [7, 11) is 0. The standard InChI is InChI=1S/C12H15N3S2/c1-12(2,3)11-14-8(13)7-9(15-11)17-10-5-4-6-16-10/h4-7H,1-3H3,(H2,13,14,15). The van der Waals surface area contributed by atoms with Crippen molar-refractivity contribution in [2.75, 3.05) is 5.73 Å². The van der Waals surface area contributed by atoms with Crippen LogP contribution in [0.25, 0.3) is 0 Å². The summed E-state index contributed by atoms with van der Waals surface area (Å²) < 4.78 is 1.21. The molecule has 90 valence electrons. The van der Waals surface area contributed by atoms with Gasteiger partial charge in [0.2, 0.25) is 0 Å². The number of hydrogen-bond acceptors (Lipinski definition) is 5. The van der Waals surface area contributed by atoms with E-state index in [1.54, 1.807) is 23.1 Å². The fraction of sp³-hybridized carbons (Fsp3) is 0.333. The second-order valence-corrected chi connectivity index (χ2v) is 7.01. The summed E-state index contributed by atoms with van der Waals surface area (Å²) in [5.41, 5.74) is 5.74. The van der Waals surface area contributed by atoms with Gasteiger partial charge >= 0.3 is 0 Å². The van der Waals surface area contributed by atoms with Crippen molar-refractivity contribution in [2.24, 2.45) is 0 Å². The van der Waals surface area contributed by atoms with Crippen molar-refractivity contribution in [1.82, 2.24) is 9.97 Å². The molecule has 2 N–H and O–H groups in total. The van der Waals surface area contributed by atoms with Crippen LogP contribution in [-0.2, 0) is 5.41 Å². The number of aromatic nitrogens is 2. The van der Waals surface area contributed by atoms with E-state index in [-0.39, 0.29) is 5.41 Å². The third-order valence-electron chi connectivity index (χ3n) is 2.09. The van der Waals surface area contributed by atoms with Gasteiger partial charge < -0.3 is 5.73 Å². The molecule has 0 spiro atoms. The predicted molar refractivity (Wildman–Crippen MR) is 73.6 cm³/mol. The van der Waals surface area contributed by atoms with E-state index in [1.807, 2.05) is 12.1 Å². The summed E-state index contributed by atoms with van der Waals surface area (Å²) in [5, 5.41) is 2.96. The molecular formula is C12H15N3S2. The minimum atomic E-state index is -0.0832. The Hall–Kier alpha value is -1.07. The van der Waals surface area contributed by atoms with Crippen LogP contribution >= 0.6 is 23.1 Å². The maximum absolute atomic E-state index is 5.82. The van der Waals surface area contributed by atoms with Crippen LogP contribution in [0.1, 0.15) is 26.6 Å². The maximum Gasteiger partial charge on any atom is 0.137 e. The lowest BCUT2D eigenvalue weighted by atomic mass is 9.96. The number of nitrogens with zero attached hydrogens (tertiary/aromatic N) is 2. The molecular weight excluding hydrogens is 250 g/mol. The van der Waals surface area contributed by atoms with E-state index in [0.717, 1.165) is 10.9 Å². The Morgan fingerprint density at radius 3 is 2.65 bits per heavy atom. The highest BCUT2D eigenvalue weighted by Crippen LogP contribution is 2.31. The molecule has 0 saturated heterocycles. The average molecular weight is 265 g/mol. The second kappa shape index (κ2) is 4.66. The zero-order chi connectivity index (χ0) is 12.5. The van der Waals surface area contributed by atoms with Gasteiger partial charge in [0.15, 0.2) is 0 Å². The Balaban J connectivity index is 2.32. The first-order chi connectivity index (χ1) is 7.95. The Labute approximate surface area is 109 Å². The highest BCUT2D eigenvalue weighted by atomic mass is 32.2. The normalized spacial score (nSPS) is 11.7. The van der Waals surface area contributed by atoms with Crippen molar-refractivity contribution in [3.05, 3.63) is 29.4 Å². The molecule has 0 aliphatic rings. The SMILES string of the molecule is CC(C)(C)c1nc(N)cc(Sc2cccs2)n1. The number of rotatable bonds is 2. The lowest BCUT2D eigenvalue weighted by molar-refractivity contribution is 0.540. The van der Waals surface area contributed by atoms with Gasteiger partial charge in [-0.2, -0.15) is 0 Å². The minimum absolute atomic E-state index is 0.0832. The molecule has 0 atom stereocenters. The summed E-state index contributed by atoms with van der Waals surface area (Å²) in [4.78, 5) is 8.85. The highest BCUT2D eigenvalue weighted by Gasteiger charge is 2.18. The van der Waals surface area contributed by atoms with Gasteiger partial charge in [-0.1, -0.05) is 38.6 Å². The Morgan fingerprint density at radius 2 is 2.06 bits per heavy atom. The topological polar surface area (TPSA) is 51.8 Å². The molecule has 0 bridgehead atoms. The quantitative estimate of drug-likeness (QED) is 0.843. The Bertz CT molecular complexity index is 501. The van der Waals surface area contributed by atoms with Crippen LogP contribution in [-0.4, -0.2) is 9.97 Å². The van der Waals surface area contributed by atoms with Crippen LogP contribution < -0.4 is 5.73 Å². The van der Waals surface area contributed by atoms with Crippen molar-refractivity contribution >= 4 is 28.9 Å². The van der Waals surface area contributed by atoms with Crippen LogP contribution in [0.5, 0.6) is 0 Å². The molecule has 2 aromatic heterocycles. The number of nitrogen functional groups attached to an aromatic ring is 1. The number of thiophene rings is 1. The molecule has 0 unspecified atom stereocenters. The van der Waals surface area contributed by atoms with E-state index in [9.17, 15) is 0 Å². The third kappa shape index (κ3) is 3.20. The molecule has 0 saturated carbocycles. The van der Waals surface area contributed by atoms with Crippen LogP contribution in [0.2, 0.25) is 0 Å². The lowest BCUT2D eigenvalue weighted by Crippen LogP contribution is -2.17. The van der Waals surface area contributed by atoms with E-state index in [1.165, 1.54) is 4.21 Å². The second-order valence-electron chi connectivity index (χ2n) is 4.74. The molecule has 0 radical (unpaired) electrons. The predicted octanol–water partition coefficient (Wildman–Crippen LogP) is 3.57. The molecule has 0 aliphatic heterocycles. The van der Waals surface area contributed by atoms with E-state index in [0.29, 0.717) is 5.82 Å². The maximum atomic E-state index is 5.82. The van der Waals surface area contributed by atoms with E-state index in [2.05, 4.69) is 42.2 Å². The molecule has 0 amide bonds. The molecule has 2 rings (SSSR count). The fourth-order valence-corrected chi connectivity index (χ4v) is 2.98. The van der Waals surface area contributed by atoms with Gasteiger partial charge in [-0.3, -0.25) is 0 Å². The molecule has 5 heteroatoms. The zero-order valence-corrected chi connectivity index (χ0v) is 11.7. The fourth-order valence-electron chi connectivity index (χ4n) is 1.26. The summed E-state index contributed by atoms with van der Waals surface area (Å²) in [6, 6.07) is 5.92. The molecule has 0 aromatic carbocycles. The van der Waals surface area contributed by atoms with Gasteiger partial charge in [-0.25, -0.2) is 9.97 Å². The number of nitrogens with two attached hydrogens (primary N) is 1. The van der Waals surface area contributed by atoms with Gasteiger partial charge in [0.05, 0.1) is 4.21 Å². The first-order valence-electron chi connectivity index (χ1n) is 5.31. The van der Waals surface area contributed by atoms with Gasteiger partial charge in [-0.05, 0) is 11.4 Å². The molecule has 0 fully saturated rings. The van der Waals surface area contributed by atoms with Crippen molar-refractivity contribution in [3.8, 4) is 0 Å². The van der Waals surface area contributed by atoms with E-state index < -0.39 is 0 Å². The van der Waals surface area contributed by atoms with Crippen molar-refractivity contribution in [3.63, 3.8) is 0 Å². The summed E-state index contributed by atoms with van der Waals surface area (Å²) in [6.07, 6.45) is 0. The van der Waals surface area contributed by atoms with Crippen molar-refractivity contribution in [2.45, 2.75) is 35.4 Å². The summed E-state index contributed by atoms with van der Waals surface area (Å²) in [5.74, 6) is 1.32. The highest BCUT2D eigenvalue weighted by molar-refractivity contribution is 8.01. The van der Waals surface area contributed by atoms with Crippen molar-refractivity contribution in [1.29, 1.82) is 0 Å². The molecule has 0 aliphatic carbocycles. The van der Waals surface area contributed by atoms with Crippen LogP contribution in [0, 0.1) is 0 Å². The molecule has 2 heterocycles. The molecule has 2 aromatic rings. The van der Waals surface area contributed by atoms with E-state index >= 15 is 0 Å². The van der Waals surface area contributed by atoms with Crippen LogP contribution in [0.4, 0.5) is 5.82 Å². The average Bonchev–Trinajstić information content (AvgIpc) is 2.68. The third-order valence-corrected chi connectivity index (χ3v) is 4.05. The monoisotopic (exact) mass is 265 g/mol. The number of hydrogen-bond donors (Lipinski definition) is 1. The first kappa shape index (κ1) is 12.4. The summed E-state index contributed by atoms with van der Waals surface area (Å²) >= 11 is 3.32. The van der Waals surface area contributed by atoms with Crippen molar-refractivity contribution < 1.29 is 0 Å². The summed E-state index contributed by atoms with van der Waals surface area (Å²) in [6.45, 7) is 6.25. The van der Waals surface area contributed by atoms with Gasteiger partial charge in [0.1, 0.15) is 16.7 Å². The lowest BCUT2D eigenvalue weighted by Gasteiger charge is -2.17. The Kier molecular flexibility index (Phi) is 3.40. The van der Waals surface area contributed by atoms with Crippen LogP contribution in [0.15, 0.2) is 32.8 Å². The van der Waals surface area contributed by atoms with Crippen LogP contribution in [0.3, 0.4) is 0 Å². The smallest absolute Gasteiger partial charge is 0.137 e. The first-order valence-corrected chi connectivity index (χ1v) is 7.01. The molecule has 3 nitrogen and oxygen atoms in total. The van der Waals surface area contributed by atoms with Gasteiger partial charge in [0.25, 0.3) is 0 Å². The Morgan fingerprint density at radius 1 is 1.29 bits per heavy atom. The molecule has 17 heavy (non-hydrogen) atoms. The van der Waals surface area contributed by atoms with E-state index in [4.69, 9.17) is 5.73 Å².